The van der Waals surface area contributed by atoms with E-state index >= 15 is 0 Å². The zero-order valence-electron chi connectivity index (χ0n) is 7.85. The summed E-state index contributed by atoms with van der Waals surface area (Å²) in [4.78, 5) is 10.8. The van der Waals surface area contributed by atoms with Crippen LogP contribution in [0.3, 0.4) is 0 Å². The molecule has 0 heterocycles. The van der Waals surface area contributed by atoms with Gasteiger partial charge in [0.1, 0.15) is 5.54 Å². The maximum Gasteiger partial charge on any atom is 0.323 e. The summed E-state index contributed by atoms with van der Waals surface area (Å²) >= 11 is 0. The van der Waals surface area contributed by atoms with Gasteiger partial charge >= 0.3 is 5.97 Å². The van der Waals surface area contributed by atoms with Gasteiger partial charge in [0, 0.05) is 12.8 Å². The molecule has 0 saturated heterocycles. The number of aliphatic carboxylic acids is 1. The van der Waals surface area contributed by atoms with E-state index in [4.69, 9.17) is 5.11 Å². The van der Waals surface area contributed by atoms with E-state index in [9.17, 15) is 13.6 Å². The van der Waals surface area contributed by atoms with Crippen molar-refractivity contribution in [2.75, 3.05) is 7.05 Å². The van der Waals surface area contributed by atoms with Gasteiger partial charge in [-0.1, -0.05) is 0 Å². The van der Waals surface area contributed by atoms with E-state index in [-0.39, 0.29) is 38.1 Å². The van der Waals surface area contributed by atoms with Gasteiger partial charge in [0.05, 0.1) is 0 Å². The SMILES string of the molecule is CNC1(C(=O)O)CCC(F)(F)CC1.Cl. The quantitative estimate of drug-likeness (QED) is 0.757. The molecule has 6 heteroatoms. The fourth-order valence-electron chi connectivity index (χ4n) is 1.61. The fraction of sp³-hybridized carbons (Fsp3) is 0.875. The Bertz CT molecular complexity index is 213. The minimum absolute atomic E-state index is 0. The second kappa shape index (κ2) is 4.40. The molecule has 0 aromatic carbocycles. The molecular formula is C8H14ClF2NO2. The predicted molar refractivity (Wildman–Crippen MR) is 50.1 cm³/mol. The lowest BCUT2D eigenvalue weighted by molar-refractivity contribution is -0.150. The molecule has 0 unspecified atom stereocenters. The first-order valence-corrected chi connectivity index (χ1v) is 4.22. The summed E-state index contributed by atoms with van der Waals surface area (Å²) in [5.41, 5.74) is -1.14. The van der Waals surface area contributed by atoms with E-state index in [1.807, 2.05) is 0 Å². The molecule has 2 N–H and O–H groups in total. The normalized spacial score (nSPS) is 23.6. The van der Waals surface area contributed by atoms with Gasteiger partial charge in [0.25, 0.3) is 0 Å². The van der Waals surface area contributed by atoms with Gasteiger partial charge < -0.3 is 10.4 Å². The Balaban J connectivity index is 0.00000169. The van der Waals surface area contributed by atoms with Crippen molar-refractivity contribution in [2.24, 2.45) is 0 Å². The van der Waals surface area contributed by atoms with Crippen molar-refractivity contribution in [3.05, 3.63) is 0 Å². The third-order valence-corrected chi connectivity index (χ3v) is 2.72. The molecule has 1 fully saturated rings. The largest absolute Gasteiger partial charge is 0.480 e. The molecule has 0 bridgehead atoms. The first-order valence-electron chi connectivity index (χ1n) is 4.22. The molecule has 0 aromatic rings. The molecule has 0 atom stereocenters. The van der Waals surface area contributed by atoms with E-state index in [1.54, 1.807) is 0 Å². The predicted octanol–water partition coefficient (Wildman–Crippen LogP) is 1.66. The van der Waals surface area contributed by atoms with Crippen LogP contribution in [-0.2, 0) is 4.79 Å². The number of halogens is 3. The monoisotopic (exact) mass is 229 g/mol. The minimum Gasteiger partial charge on any atom is -0.480 e. The van der Waals surface area contributed by atoms with E-state index in [0.29, 0.717) is 0 Å². The third-order valence-electron chi connectivity index (χ3n) is 2.72. The van der Waals surface area contributed by atoms with Gasteiger partial charge in [0.15, 0.2) is 0 Å². The molecule has 84 valence electrons. The lowest BCUT2D eigenvalue weighted by atomic mass is 9.80. The second-order valence-corrected chi connectivity index (χ2v) is 3.49. The highest BCUT2D eigenvalue weighted by Crippen LogP contribution is 2.38. The van der Waals surface area contributed by atoms with Crippen LogP contribution in [0.1, 0.15) is 25.7 Å². The van der Waals surface area contributed by atoms with Crippen LogP contribution in [0.5, 0.6) is 0 Å². The molecule has 0 spiro atoms. The Morgan fingerprint density at radius 1 is 1.29 bits per heavy atom. The molecular weight excluding hydrogens is 216 g/mol. The number of carboxylic acid groups (broad SMARTS) is 1. The van der Waals surface area contributed by atoms with Crippen LogP contribution < -0.4 is 5.32 Å². The van der Waals surface area contributed by atoms with Gasteiger partial charge in [-0.2, -0.15) is 0 Å². The summed E-state index contributed by atoms with van der Waals surface area (Å²) in [6.07, 6.45) is -0.710. The van der Waals surface area contributed by atoms with Crippen LogP contribution >= 0.6 is 12.4 Å². The Morgan fingerprint density at radius 3 is 2.00 bits per heavy atom. The van der Waals surface area contributed by atoms with Crippen molar-refractivity contribution in [1.82, 2.24) is 5.32 Å². The Hall–Kier alpha value is -0.420. The van der Waals surface area contributed by atoms with Crippen molar-refractivity contribution in [2.45, 2.75) is 37.1 Å². The number of nitrogens with one attached hydrogen (secondary N) is 1. The molecule has 0 amide bonds. The maximum atomic E-state index is 12.7. The highest BCUT2D eigenvalue weighted by atomic mass is 35.5. The zero-order valence-corrected chi connectivity index (χ0v) is 8.66. The van der Waals surface area contributed by atoms with Crippen molar-refractivity contribution >= 4 is 18.4 Å². The van der Waals surface area contributed by atoms with Crippen LogP contribution in [0.15, 0.2) is 0 Å². The smallest absolute Gasteiger partial charge is 0.323 e. The summed E-state index contributed by atoms with van der Waals surface area (Å²) in [5.74, 6) is -3.72. The van der Waals surface area contributed by atoms with Gasteiger partial charge in [0.2, 0.25) is 5.92 Å². The number of hydrogen-bond acceptors (Lipinski definition) is 2. The van der Waals surface area contributed by atoms with Crippen molar-refractivity contribution in [3.63, 3.8) is 0 Å². The van der Waals surface area contributed by atoms with Crippen LogP contribution in [-0.4, -0.2) is 29.6 Å². The summed E-state index contributed by atoms with van der Waals surface area (Å²) in [7, 11) is 1.50. The Labute approximate surface area is 87.3 Å². The zero-order chi connectivity index (χ0) is 10.1. The van der Waals surface area contributed by atoms with E-state index < -0.39 is 17.4 Å². The molecule has 1 aliphatic rings. The molecule has 1 saturated carbocycles. The summed E-state index contributed by atoms with van der Waals surface area (Å²) in [6.45, 7) is 0. The fourth-order valence-corrected chi connectivity index (χ4v) is 1.61. The Morgan fingerprint density at radius 2 is 1.71 bits per heavy atom. The molecule has 3 nitrogen and oxygen atoms in total. The van der Waals surface area contributed by atoms with Gasteiger partial charge in [-0.05, 0) is 19.9 Å². The maximum absolute atomic E-state index is 12.7. The topological polar surface area (TPSA) is 49.3 Å². The van der Waals surface area contributed by atoms with Crippen molar-refractivity contribution in [1.29, 1.82) is 0 Å². The second-order valence-electron chi connectivity index (χ2n) is 3.49. The number of alkyl halides is 2. The van der Waals surface area contributed by atoms with Crippen molar-refractivity contribution < 1.29 is 18.7 Å². The molecule has 1 aliphatic carbocycles. The number of rotatable bonds is 2. The first-order chi connectivity index (χ1) is 5.92. The number of likely N-dealkylation sites (N-methyl/N-ethyl adjacent to an activating group) is 1. The van der Waals surface area contributed by atoms with E-state index in [2.05, 4.69) is 5.32 Å². The first kappa shape index (κ1) is 13.6. The average Bonchev–Trinajstić information content (AvgIpc) is 2.05. The van der Waals surface area contributed by atoms with Crippen LogP contribution in [0.2, 0.25) is 0 Å². The lowest BCUT2D eigenvalue weighted by Gasteiger charge is -2.36. The lowest BCUT2D eigenvalue weighted by Crippen LogP contribution is -2.54. The number of carboxylic acids is 1. The van der Waals surface area contributed by atoms with Gasteiger partial charge in [-0.25, -0.2) is 8.78 Å². The number of hydrogen-bond donors (Lipinski definition) is 2. The van der Waals surface area contributed by atoms with E-state index in [1.165, 1.54) is 7.05 Å². The summed E-state index contributed by atoms with van der Waals surface area (Å²) in [5, 5.41) is 11.5. The summed E-state index contributed by atoms with van der Waals surface area (Å²) in [6, 6.07) is 0. The molecule has 14 heavy (non-hydrogen) atoms. The van der Waals surface area contributed by atoms with Crippen LogP contribution in [0.25, 0.3) is 0 Å². The van der Waals surface area contributed by atoms with Gasteiger partial charge in [-0.3, -0.25) is 4.79 Å². The molecule has 1 rings (SSSR count). The minimum atomic E-state index is -2.68. The number of carbonyl (C=O) groups is 1. The molecule has 0 aliphatic heterocycles. The van der Waals surface area contributed by atoms with E-state index in [0.717, 1.165) is 0 Å². The summed E-state index contributed by atoms with van der Waals surface area (Å²) < 4.78 is 25.5. The van der Waals surface area contributed by atoms with Crippen LogP contribution in [0, 0.1) is 0 Å². The average molecular weight is 230 g/mol. The van der Waals surface area contributed by atoms with Crippen LogP contribution in [0.4, 0.5) is 8.78 Å². The molecule has 0 aromatic heterocycles. The molecule has 0 radical (unpaired) electrons. The van der Waals surface area contributed by atoms with Crippen molar-refractivity contribution in [3.8, 4) is 0 Å². The Kier molecular flexibility index (Phi) is 4.27. The van der Waals surface area contributed by atoms with Gasteiger partial charge in [-0.15, -0.1) is 12.4 Å². The standard InChI is InChI=1S/C8H13F2NO2.ClH/c1-11-7(6(12)13)2-4-8(9,10)5-3-7;/h11H,2-5H2,1H3,(H,12,13);1H. The third kappa shape index (κ3) is 2.54. The highest BCUT2D eigenvalue weighted by Gasteiger charge is 2.46. The highest BCUT2D eigenvalue weighted by molar-refractivity contribution is 5.85.